The Hall–Kier alpha value is -1.79. The number of hydrogen-bond donors (Lipinski definition) is 2. The highest BCUT2D eigenvalue weighted by Gasteiger charge is 2.36. The summed E-state index contributed by atoms with van der Waals surface area (Å²) in [5.74, 6) is -0.600. The maximum atomic E-state index is 12.0. The normalized spacial score (nSPS) is 18.6. The number of carbonyl (C=O) groups is 3. The van der Waals surface area contributed by atoms with Gasteiger partial charge in [0.2, 0.25) is 11.8 Å². The smallest absolute Gasteiger partial charge is 0.410 e. The Labute approximate surface area is 119 Å². The Kier molecular flexibility index (Phi) is 5.35. The fraction of sp³-hybridized carbons (Fsp3) is 0.769. The number of nitrogens with zero attached hydrogens (tertiary/aromatic N) is 1. The van der Waals surface area contributed by atoms with Crippen molar-refractivity contribution >= 4 is 17.9 Å². The van der Waals surface area contributed by atoms with Gasteiger partial charge in [0.15, 0.2) is 0 Å². The Morgan fingerprint density at radius 1 is 1.30 bits per heavy atom. The van der Waals surface area contributed by atoms with Crippen molar-refractivity contribution in [3.05, 3.63) is 0 Å². The molecule has 2 N–H and O–H groups in total. The number of likely N-dealkylation sites (tertiary alicyclic amines) is 1. The van der Waals surface area contributed by atoms with Crippen LogP contribution in [0.15, 0.2) is 0 Å². The molecule has 1 fully saturated rings. The molecule has 7 nitrogen and oxygen atoms in total. The number of nitrogens with one attached hydrogen (secondary N) is 2. The molecular formula is C13H23N3O4. The average Bonchev–Trinajstić information content (AvgIpc) is 2.82. The van der Waals surface area contributed by atoms with Gasteiger partial charge in [0.1, 0.15) is 11.6 Å². The summed E-state index contributed by atoms with van der Waals surface area (Å²) in [6.07, 6.45) is 0.839. The van der Waals surface area contributed by atoms with Gasteiger partial charge in [-0.15, -0.1) is 0 Å². The van der Waals surface area contributed by atoms with Crippen molar-refractivity contribution in [1.29, 1.82) is 0 Å². The third-order valence-electron chi connectivity index (χ3n) is 2.89. The molecule has 0 spiro atoms. The maximum Gasteiger partial charge on any atom is 0.410 e. The van der Waals surface area contributed by atoms with Crippen LogP contribution in [0.1, 0.15) is 33.6 Å². The standard InChI is InChI=1S/C13H23N3O4/c1-13(2,3)20-12(19)16-7-5-6-9(16)11(18)15-8-10(17)14-4/h9H,5-8H2,1-4H3,(H,14,17)(H,15,18). The lowest BCUT2D eigenvalue weighted by Gasteiger charge is -2.27. The molecule has 0 aromatic rings. The quantitative estimate of drug-likeness (QED) is 0.778. The minimum Gasteiger partial charge on any atom is -0.444 e. The van der Waals surface area contributed by atoms with Crippen LogP contribution in [0.5, 0.6) is 0 Å². The van der Waals surface area contributed by atoms with E-state index in [1.165, 1.54) is 11.9 Å². The number of hydrogen-bond acceptors (Lipinski definition) is 4. The van der Waals surface area contributed by atoms with Gasteiger partial charge in [-0.05, 0) is 33.6 Å². The van der Waals surface area contributed by atoms with Gasteiger partial charge in [0.05, 0.1) is 6.54 Å². The molecule has 7 heteroatoms. The summed E-state index contributed by atoms with van der Waals surface area (Å²) in [7, 11) is 1.50. The van der Waals surface area contributed by atoms with E-state index in [1.54, 1.807) is 20.8 Å². The second kappa shape index (κ2) is 6.58. The van der Waals surface area contributed by atoms with E-state index >= 15 is 0 Å². The van der Waals surface area contributed by atoms with Crippen LogP contribution in [0.4, 0.5) is 4.79 Å². The molecule has 1 atom stereocenters. The summed E-state index contributed by atoms with van der Waals surface area (Å²) in [6, 6.07) is -0.561. The molecule has 1 saturated heterocycles. The predicted octanol–water partition coefficient (Wildman–Crippen LogP) is 0.248. The second-order valence-corrected chi connectivity index (χ2v) is 5.72. The number of rotatable bonds is 3. The van der Waals surface area contributed by atoms with Crippen LogP contribution in [0.25, 0.3) is 0 Å². The van der Waals surface area contributed by atoms with Crippen LogP contribution in [-0.4, -0.2) is 54.6 Å². The summed E-state index contributed by atoms with van der Waals surface area (Å²) in [4.78, 5) is 36.5. The molecule has 0 aromatic heterocycles. The van der Waals surface area contributed by atoms with E-state index in [0.29, 0.717) is 13.0 Å². The average molecular weight is 285 g/mol. The molecule has 0 radical (unpaired) electrons. The van der Waals surface area contributed by atoms with Gasteiger partial charge < -0.3 is 15.4 Å². The SMILES string of the molecule is CNC(=O)CNC(=O)C1CCCN1C(=O)OC(C)(C)C. The van der Waals surface area contributed by atoms with E-state index in [2.05, 4.69) is 10.6 Å². The van der Waals surface area contributed by atoms with Gasteiger partial charge in [-0.2, -0.15) is 0 Å². The van der Waals surface area contributed by atoms with Gasteiger partial charge in [0, 0.05) is 13.6 Å². The highest BCUT2D eigenvalue weighted by molar-refractivity contribution is 5.89. The van der Waals surface area contributed by atoms with Crippen LogP contribution in [0, 0.1) is 0 Å². The number of carbonyl (C=O) groups excluding carboxylic acids is 3. The molecule has 114 valence electrons. The molecule has 1 heterocycles. The van der Waals surface area contributed by atoms with E-state index in [1.807, 2.05) is 0 Å². The molecule has 0 aromatic carbocycles. The van der Waals surface area contributed by atoms with Crippen LogP contribution in [0.3, 0.4) is 0 Å². The first kappa shape index (κ1) is 16.3. The highest BCUT2D eigenvalue weighted by atomic mass is 16.6. The summed E-state index contributed by atoms with van der Waals surface area (Å²) in [5, 5.41) is 4.94. The fourth-order valence-electron chi connectivity index (χ4n) is 1.95. The van der Waals surface area contributed by atoms with Gasteiger partial charge in [-0.3, -0.25) is 14.5 Å². The summed E-state index contributed by atoms with van der Waals surface area (Å²) < 4.78 is 5.28. The lowest BCUT2D eigenvalue weighted by atomic mass is 10.2. The monoisotopic (exact) mass is 285 g/mol. The molecule has 20 heavy (non-hydrogen) atoms. The molecule has 0 bridgehead atoms. The largest absolute Gasteiger partial charge is 0.444 e. The van der Waals surface area contributed by atoms with Crippen molar-refractivity contribution in [1.82, 2.24) is 15.5 Å². The van der Waals surface area contributed by atoms with Crippen LogP contribution in [0.2, 0.25) is 0 Å². The topological polar surface area (TPSA) is 87.7 Å². The summed E-state index contributed by atoms with van der Waals surface area (Å²) in [6.45, 7) is 5.74. The molecular weight excluding hydrogens is 262 g/mol. The van der Waals surface area contributed by atoms with E-state index in [0.717, 1.165) is 6.42 Å². The van der Waals surface area contributed by atoms with Gasteiger partial charge in [-0.1, -0.05) is 0 Å². The second-order valence-electron chi connectivity index (χ2n) is 5.72. The van der Waals surface area contributed by atoms with Crippen LogP contribution < -0.4 is 10.6 Å². The first-order valence-electron chi connectivity index (χ1n) is 6.72. The van der Waals surface area contributed by atoms with Gasteiger partial charge >= 0.3 is 6.09 Å². The lowest BCUT2D eigenvalue weighted by molar-refractivity contribution is -0.128. The molecule has 1 unspecified atom stereocenters. The zero-order valence-corrected chi connectivity index (χ0v) is 12.5. The van der Waals surface area contributed by atoms with E-state index < -0.39 is 17.7 Å². The third-order valence-corrected chi connectivity index (χ3v) is 2.89. The number of amides is 3. The molecule has 1 aliphatic rings. The first-order valence-corrected chi connectivity index (χ1v) is 6.72. The molecule has 3 amide bonds. The molecule has 1 aliphatic heterocycles. The third kappa shape index (κ3) is 4.71. The Balaban J connectivity index is 2.58. The van der Waals surface area contributed by atoms with E-state index in [-0.39, 0.29) is 18.4 Å². The zero-order chi connectivity index (χ0) is 15.3. The first-order chi connectivity index (χ1) is 9.24. The molecule has 0 saturated carbocycles. The Morgan fingerprint density at radius 2 is 1.95 bits per heavy atom. The highest BCUT2D eigenvalue weighted by Crippen LogP contribution is 2.20. The minimum atomic E-state index is -0.594. The predicted molar refractivity (Wildman–Crippen MR) is 73.0 cm³/mol. The van der Waals surface area contributed by atoms with Crippen molar-refractivity contribution in [2.45, 2.75) is 45.3 Å². The van der Waals surface area contributed by atoms with Crippen molar-refractivity contribution in [3.63, 3.8) is 0 Å². The van der Waals surface area contributed by atoms with E-state index in [4.69, 9.17) is 4.74 Å². The summed E-state index contributed by atoms with van der Waals surface area (Å²) >= 11 is 0. The van der Waals surface area contributed by atoms with Gasteiger partial charge in [-0.25, -0.2) is 4.79 Å². The van der Waals surface area contributed by atoms with Crippen molar-refractivity contribution in [2.75, 3.05) is 20.1 Å². The lowest BCUT2D eigenvalue weighted by Crippen LogP contribution is -2.49. The van der Waals surface area contributed by atoms with Crippen molar-refractivity contribution in [2.24, 2.45) is 0 Å². The number of ether oxygens (including phenoxy) is 1. The molecule has 0 aliphatic carbocycles. The Morgan fingerprint density at radius 3 is 2.50 bits per heavy atom. The van der Waals surface area contributed by atoms with Crippen molar-refractivity contribution in [3.8, 4) is 0 Å². The maximum absolute atomic E-state index is 12.0. The van der Waals surface area contributed by atoms with Crippen molar-refractivity contribution < 1.29 is 19.1 Å². The molecule has 1 rings (SSSR count). The zero-order valence-electron chi connectivity index (χ0n) is 12.5. The fourth-order valence-corrected chi connectivity index (χ4v) is 1.95. The minimum absolute atomic E-state index is 0.0893. The van der Waals surface area contributed by atoms with Crippen LogP contribution in [-0.2, 0) is 14.3 Å². The van der Waals surface area contributed by atoms with Crippen LogP contribution >= 0.6 is 0 Å². The van der Waals surface area contributed by atoms with Gasteiger partial charge in [0.25, 0.3) is 0 Å². The van der Waals surface area contributed by atoms with E-state index in [9.17, 15) is 14.4 Å². The Bertz CT molecular complexity index is 390. The number of likely N-dealkylation sites (N-methyl/N-ethyl adjacent to an activating group) is 1. The summed E-state index contributed by atoms with van der Waals surface area (Å²) in [5.41, 5.74) is -0.594.